The van der Waals surface area contributed by atoms with Crippen LogP contribution in [0.4, 0.5) is 11.4 Å². The molecule has 0 N–H and O–H groups in total. The number of carbonyl (C=O) groups is 1. The summed E-state index contributed by atoms with van der Waals surface area (Å²) < 4.78 is 15.4. The predicted octanol–water partition coefficient (Wildman–Crippen LogP) is 10.3. The van der Waals surface area contributed by atoms with Crippen LogP contribution in [0.5, 0.6) is 11.5 Å². The van der Waals surface area contributed by atoms with Crippen molar-refractivity contribution in [3.63, 3.8) is 0 Å². The Bertz CT molecular complexity index is 2660. The summed E-state index contributed by atoms with van der Waals surface area (Å²) >= 11 is 18.1. The van der Waals surface area contributed by atoms with E-state index in [1.165, 1.54) is 14.9 Å². The Morgan fingerprint density at radius 1 is 0.542 bits per heavy atom. The number of carbonyl (C=O) groups excluding carboxylic acids is 1. The van der Waals surface area contributed by atoms with Gasteiger partial charge in [-0.1, -0.05) is 123 Å². The van der Waals surface area contributed by atoms with Gasteiger partial charge in [0, 0.05) is 68.8 Å². The maximum Gasteiger partial charge on any atom is 0.316 e. The van der Waals surface area contributed by atoms with Gasteiger partial charge in [0.05, 0.1) is 47.4 Å². The molecule has 0 radical (unpaired) electrons. The summed E-state index contributed by atoms with van der Waals surface area (Å²) in [5, 5.41) is 10.0. The van der Waals surface area contributed by atoms with Crippen molar-refractivity contribution in [1.29, 1.82) is 0 Å². The van der Waals surface area contributed by atoms with Crippen LogP contribution in [0.1, 0.15) is 77.3 Å². The second kappa shape index (κ2) is 25.4. The summed E-state index contributed by atoms with van der Waals surface area (Å²) in [6.45, 7) is 5.50. The molecule has 4 heterocycles. The topological polar surface area (TPSA) is 118 Å². The van der Waals surface area contributed by atoms with E-state index in [9.17, 15) is 14.4 Å². The van der Waals surface area contributed by atoms with Gasteiger partial charge in [-0.15, -0.1) is 0 Å². The molecule has 0 unspecified atom stereocenters. The van der Waals surface area contributed by atoms with Gasteiger partial charge in [0.2, 0.25) is 17.4 Å². The van der Waals surface area contributed by atoms with E-state index < -0.39 is 0 Å². The number of anilines is 2. The summed E-state index contributed by atoms with van der Waals surface area (Å²) in [6, 6.07) is 34.3. The molecule has 4 aromatic carbocycles. The van der Waals surface area contributed by atoms with Crippen LogP contribution >= 0.6 is 35.4 Å². The lowest BCUT2D eigenvalue weighted by molar-refractivity contribution is -0.130. The molecule has 4 fully saturated rings. The number of amides is 1. The van der Waals surface area contributed by atoms with Crippen LogP contribution in [0, 0.1) is 0 Å². The lowest BCUT2D eigenvalue weighted by atomic mass is 10.1. The third-order valence-electron chi connectivity index (χ3n) is 13.5. The van der Waals surface area contributed by atoms with Crippen molar-refractivity contribution >= 4 is 57.7 Å². The van der Waals surface area contributed by atoms with Crippen molar-refractivity contribution in [2.24, 2.45) is 0 Å². The maximum absolute atomic E-state index is 13.6. The van der Waals surface area contributed by atoms with Crippen LogP contribution < -0.4 is 30.4 Å². The van der Waals surface area contributed by atoms with Gasteiger partial charge in [0.25, 0.3) is 0 Å². The third kappa shape index (κ3) is 13.2. The minimum atomic E-state index is -0.292. The van der Waals surface area contributed by atoms with Gasteiger partial charge in [-0.3, -0.25) is 14.4 Å². The van der Waals surface area contributed by atoms with Crippen LogP contribution in [0.3, 0.4) is 0 Å². The standard InChI is InChI=1S/C27H29ClN4O3.C27H29ClN4O2S.2CH4/c28-21-9-6-10-22(18-21)32-27(34)26(35-23-11-4-5-12-23)24(19-29-32)30-13-15-31(16-14-30)25(33)17-20-7-2-1-3-8-20;28-21-9-6-10-22(18-21)32-27(33)26(34-23-11-4-5-12-23)24(19-29-32)30-13-15-31(16-14-30)25(35)17-20-7-2-1-3-8-20;;/h2*1-3,6-10,18-19,23H,4-5,11-17H2;2*1H4. The normalized spacial score (nSPS) is 16.0. The van der Waals surface area contributed by atoms with Gasteiger partial charge in [0.15, 0.2) is 0 Å². The van der Waals surface area contributed by atoms with Gasteiger partial charge in [-0.2, -0.15) is 19.6 Å². The molecule has 0 atom stereocenters. The Labute approximate surface area is 438 Å². The molecule has 2 saturated carbocycles. The molecular weight excluding hydrogens is 968 g/mol. The minimum Gasteiger partial charge on any atom is -0.483 e. The average Bonchev–Trinajstić information content (AvgIpc) is 4.11. The van der Waals surface area contributed by atoms with E-state index in [1.54, 1.807) is 48.8 Å². The Morgan fingerprint density at radius 2 is 0.944 bits per heavy atom. The fourth-order valence-electron chi connectivity index (χ4n) is 9.62. The molecule has 10 rings (SSSR count). The summed E-state index contributed by atoms with van der Waals surface area (Å²) in [6.07, 6.45) is 13.0. The largest absolute Gasteiger partial charge is 0.483 e. The number of nitrogens with zero attached hydrogens (tertiary/aromatic N) is 8. The van der Waals surface area contributed by atoms with Crippen molar-refractivity contribution in [2.75, 3.05) is 62.2 Å². The number of hydrogen-bond acceptors (Lipinski definition) is 10. The first-order chi connectivity index (χ1) is 34.2. The molecule has 72 heavy (non-hydrogen) atoms. The van der Waals surface area contributed by atoms with Crippen LogP contribution in [0.2, 0.25) is 10.0 Å². The molecule has 1 amide bonds. The molecule has 6 aromatic rings. The number of hydrogen-bond donors (Lipinski definition) is 0. The van der Waals surface area contributed by atoms with E-state index in [0.29, 0.717) is 71.2 Å². The number of piperazine rings is 2. The molecule has 2 aliphatic heterocycles. The van der Waals surface area contributed by atoms with Crippen molar-refractivity contribution in [3.8, 4) is 22.9 Å². The Hall–Kier alpha value is -6.22. The van der Waals surface area contributed by atoms with E-state index in [4.69, 9.17) is 44.9 Å². The number of thiocarbonyl (C=S) groups is 1. The molecule has 13 nitrogen and oxygen atoms in total. The second-order valence-corrected chi connectivity index (χ2v) is 19.6. The fraction of sp³-hybridized carbons (Fsp3) is 0.393. The van der Waals surface area contributed by atoms with Crippen LogP contribution in [0.25, 0.3) is 11.4 Å². The molecule has 380 valence electrons. The lowest BCUT2D eigenvalue weighted by Gasteiger charge is -2.38. The molecule has 4 aliphatic rings. The zero-order chi connectivity index (χ0) is 48.4. The Kier molecular flexibility index (Phi) is 18.9. The van der Waals surface area contributed by atoms with Crippen LogP contribution in [-0.4, -0.2) is 105 Å². The van der Waals surface area contributed by atoms with Gasteiger partial charge in [-0.25, -0.2) is 0 Å². The molecule has 16 heteroatoms. The van der Waals surface area contributed by atoms with E-state index in [1.807, 2.05) is 65.6 Å². The highest BCUT2D eigenvalue weighted by Gasteiger charge is 2.30. The highest BCUT2D eigenvalue weighted by atomic mass is 35.5. The zero-order valence-electron chi connectivity index (χ0n) is 39.2. The monoisotopic (exact) mass is 1030 g/mol. The third-order valence-corrected chi connectivity index (χ3v) is 14.3. The van der Waals surface area contributed by atoms with Crippen LogP contribution in [-0.2, 0) is 17.6 Å². The highest BCUT2D eigenvalue weighted by Crippen LogP contribution is 2.32. The lowest BCUT2D eigenvalue weighted by Crippen LogP contribution is -2.49. The molecule has 0 spiro atoms. The second-order valence-electron chi connectivity index (χ2n) is 18.2. The predicted molar refractivity (Wildman–Crippen MR) is 294 cm³/mol. The first-order valence-electron chi connectivity index (χ1n) is 24.4. The first kappa shape index (κ1) is 53.6. The number of rotatable bonds is 12. The SMILES string of the molecule is C.C.O=C(Cc1ccccc1)N1CCN(c2cnn(-c3cccc(Cl)c3)c(=O)c2OC2CCCC2)CC1.O=c1c(OC2CCCC2)c(N2CCN(C(=S)Cc3ccccc3)CC2)cnn1-c1cccc(Cl)c1. The number of halogens is 2. The smallest absolute Gasteiger partial charge is 0.316 e. The van der Waals surface area contributed by atoms with Crippen LogP contribution in [0.15, 0.2) is 131 Å². The fourth-order valence-corrected chi connectivity index (χ4v) is 10.3. The van der Waals surface area contributed by atoms with Crippen molar-refractivity contribution < 1.29 is 14.3 Å². The number of benzene rings is 4. The average molecular weight is 1030 g/mol. The summed E-state index contributed by atoms with van der Waals surface area (Å²) in [7, 11) is 0. The summed E-state index contributed by atoms with van der Waals surface area (Å²) in [4.78, 5) is 49.3. The number of aromatic nitrogens is 4. The van der Waals surface area contributed by atoms with E-state index in [-0.39, 0.29) is 44.1 Å². The number of ether oxygens (including phenoxy) is 2. The molecule has 0 bridgehead atoms. The maximum atomic E-state index is 13.6. The van der Waals surface area contributed by atoms with E-state index in [0.717, 1.165) is 100 Å². The minimum absolute atomic E-state index is 0. The first-order valence-corrected chi connectivity index (χ1v) is 25.6. The Morgan fingerprint density at radius 3 is 1.36 bits per heavy atom. The van der Waals surface area contributed by atoms with Gasteiger partial charge < -0.3 is 29.1 Å². The zero-order valence-corrected chi connectivity index (χ0v) is 41.5. The van der Waals surface area contributed by atoms with E-state index >= 15 is 0 Å². The van der Waals surface area contributed by atoms with E-state index in [2.05, 4.69) is 37.0 Å². The van der Waals surface area contributed by atoms with Crippen molar-refractivity contribution in [2.45, 2.75) is 91.3 Å². The van der Waals surface area contributed by atoms with Gasteiger partial charge in [-0.05, 0) is 98.9 Å². The summed E-state index contributed by atoms with van der Waals surface area (Å²) in [5.41, 5.74) is 4.37. The Balaban J connectivity index is 0.000000206. The summed E-state index contributed by atoms with van der Waals surface area (Å²) in [5.74, 6) is 0.830. The van der Waals surface area contributed by atoms with Gasteiger partial charge >= 0.3 is 11.1 Å². The van der Waals surface area contributed by atoms with Gasteiger partial charge in [0.1, 0.15) is 11.4 Å². The highest BCUT2D eigenvalue weighted by molar-refractivity contribution is 7.80. The molecular formula is C56H66Cl2N8O5S. The molecule has 2 saturated heterocycles. The molecule has 2 aliphatic carbocycles. The quantitative estimate of drug-likeness (QED) is 0.109. The molecule has 2 aromatic heterocycles. The van der Waals surface area contributed by atoms with Crippen molar-refractivity contribution in [1.82, 2.24) is 29.4 Å². The van der Waals surface area contributed by atoms with Crippen molar-refractivity contribution in [3.05, 3.63) is 163 Å².